The van der Waals surface area contributed by atoms with E-state index in [1.54, 1.807) is 0 Å². The monoisotopic (exact) mass is 358 g/mol. The topological polar surface area (TPSA) is 67.4 Å². The molecular formula is C21H30N2O3. The van der Waals surface area contributed by atoms with Gasteiger partial charge in [-0.3, -0.25) is 9.59 Å². The lowest BCUT2D eigenvalue weighted by Gasteiger charge is -2.33. The number of rotatable bonds is 4. The largest absolute Gasteiger partial charge is 0.493 e. The number of hydrogen-bond donors (Lipinski definition) is 2. The number of para-hydroxylation sites is 1. The summed E-state index contributed by atoms with van der Waals surface area (Å²) in [5.41, 5.74) is 0.162. The van der Waals surface area contributed by atoms with Gasteiger partial charge < -0.3 is 15.4 Å². The summed E-state index contributed by atoms with van der Waals surface area (Å²) in [6.07, 6.45) is 4.58. The summed E-state index contributed by atoms with van der Waals surface area (Å²) >= 11 is 0. The first kappa shape index (κ1) is 18.7. The van der Waals surface area contributed by atoms with Gasteiger partial charge in [-0.2, -0.15) is 0 Å². The van der Waals surface area contributed by atoms with Gasteiger partial charge in [0.2, 0.25) is 11.8 Å². The van der Waals surface area contributed by atoms with E-state index in [1.165, 1.54) is 0 Å². The molecule has 1 saturated carbocycles. The summed E-state index contributed by atoms with van der Waals surface area (Å²) in [6, 6.07) is 7.81. The normalized spacial score (nSPS) is 21.4. The van der Waals surface area contributed by atoms with Gasteiger partial charge in [0.15, 0.2) is 0 Å². The number of carbonyl (C=O) groups excluding carboxylic acids is 2. The van der Waals surface area contributed by atoms with Crippen molar-refractivity contribution in [3.8, 4) is 5.75 Å². The number of ether oxygens (including phenoxy) is 1. The van der Waals surface area contributed by atoms with Crippen LogP contribution in [0.4, 0.5) is 0 Å². The molecule has 1 aliphatic heterocycles. The fraction of sp³-hybridized carbons (Fsp3) is 0.619. The van der Waals surface area contributed by atoms with Gasteiger partial charge in [-0.05, 0) is 39.7 Å². The molecule has 1 aliphatic carbocycles. The van der Waals surface area contributed by atoms with Crippen molar-refractivity contribution in [1.82, 2.24) is 10.6 Å². The summed E-state index contributed by atoms with van der Waals surface area (Å²) in [5, 5.41) is 6.23. The van der Waals surface area contributed by atoms with Crippen LogP contribution < -0.4 is 15.4 Å². The molecule has 1 atom stereocenters. The Morgan fingerprint density at radius 2 is 1.88 bits per heavy atom. The Labute approximate surface area is 155 Å². The van der Waals surface area contributed by atoms with E-state index < -0.39 is 5.41 Å². The number of fused-ring (bicyclic) bond motifs is 1. The van der Waals surface area contributed by atoms with Crippen LogP contribution in [0.3, 0.4) is 0 Å². The third-order valence-corrected chi connectivity index (χ3v) is 5.32. The lowest BCUT2D eigenvalue weighted by molar-refractivity contribution is -0.137. The van der Waals surface area contributed by atoms with Crippen molar-refractivity contribution in [2.75, 3.05) is 6.61 Å². The Morgan fingerprint density at radius 1 is 1.19 bits per heavy atom. The van der Waals surface area contributed by atoms with Crippen molar-refractivity contribution in [3.63, 3.8) is 0 Å². The maximum Gasteiger partial charge on any atom is 0.227 e. The van der Waals surface area contributed by atoms with Crippen molar-refractivity contribution in [3.05, 3.63) is 29.8 Å². The van der Waals surface area contributed by atoms with Crippen molar-refractivity contribution in [2.45, 2.75) is 70.9 Å². The lowest BCUT2D eigenvalue weighted by Crippen LogP contribution is -2.47. The van der Waals surface area contributed by atoms with E-state index in [1.807, 2.05) is 45.0 Å². The summed E-state index contributed by atoms with van der Waals surface area (Å²) in [5.74, 6) is 0.817. The molecule has 2 N–H and O–H groups in total. The molecule has 2 aliphatic rings. The van der Waals surface area contributed by atoms with Crippen LogP contribution >= 0.6 is 0 Å². The maximum atomic E-state index is 13.2. The molecule has 0 spiro atoms. The van der Waals surface area contributed by atoms with E-state index in [0.29, 0.717) is 6.61 Å². The quantitative estimate of drug-likeness (QED) is 0.866. The minimum atomic E-state index is -0.581. The van der Waals surface area contributed by atoms with E-state index in [0.717, 1.165) is 43.4 Å². The fourth-order valence-corrected chi connectivity index (χ4v) is 4.11. The minimum Gasteiger partial charge on any atom is -0.493 e. The van der Waals surface area contributed by atoms with Crippen LogP contribution in [-0.4, -0.2) is 24.0 Å². The first-order chi connectivity index (χ1) is 12.3. The Balaban J connectivity index is 1.73. The lowest BCUT2D eigenvalue weighted by atomic mass is 9.80. The zero-order chi connectivity index (χ0) is 18.8. The van der Waals surface area contributed by atoms with Crippen LogP contribution in [0, 0.1) is 5.41 Å². The average molecular weight is 358 g/mol. The first-order valence-electron chi connectivity index (χ1n) is 9.63. The molecule has 26 heavy (non-hydrogen) atoms. The van der Waals surface area contributed by atoms with Gasteiger partial charge in [-0.15, -0.1) is 0 Å². The predicted octanol–water partition coefficient (Wildman–Crippen LogP) is 3.49. The Morgan fingerprint density at radius 3 is 2.58 bits per heavy atom. The van der Waals surface area contributed by atoms with Crippen molar-refractivity contribution < 1.29 is 14.3 Å². The molecule has 3 rings (SSSR count). The third-order valence-electron chi connectivity index (χ3n) is 5.32. The number of hydrogen-bond acceptors (Lipinski definition) is 3. The molecule has 1 heterocycles. The average Bonchev–Trinajstić information content (AvgIpc) is 3.03. The van der Waals surface area contributed by atoms with E-state index in [4.69, 9.17) is 4.74 Å². The fourth-order valence-electron chi connectivity index (χ4n) is 4.11. The van der Waals surface area contributed by atoms with Crippen LogP contribution in [0.2, 0.25) is 0 Å². The van der Waals surface area contributed by atoms with Crippen molar-refractivity contribution in [1.29, 1.82) is 0 Å². The second kappa shape index (κ2) is 7.29. The SMILES string of the molecule is CC(C)(C)NC(=O)CC1(C(=O)NC2CCOc3ccccc32)CCCC1. The van der Waals surface area contributed by atoms with Crippen LogP contribution in [0.15, 0.2) is 24.3 Å². The van der Waals surface area contributed by atoms with Crippen LogP contribution in [0.1, 0.15) is 70.9 Å². The van der Waals surface area contributed by atoms with Crippen LogP contribution in [0.5, 0.6) is 5.75 Å². The van der Waals surface area contributed by atoms with E-state index in [9.17, 15) is 9.59 Å². The molecular weight excluding hydrogens is 328 g/mol. The third kappa shape index (κ3) is 4.19. The molecule has 1 aromatic rings. The Hall–Kier alpha value is -2.04. The molecule has 1 fully saturated rings. The number of carbonyl (C=O) groups is 2. The molecule has 1 unspecified atom stereocenters. The smallest absolute Gasteiger partial charge is 0.227 e. The van der Waals surface area contributed by atoms with Gasteiger partial charge in [-0.25, -0.2) is 0 Å². The summed E-state index contributed by atoms with van der Waals surface area (Å²) < 4.78 is 5.69. The highest BCUT2D eigenvalue weighted by Gasteiger charge is 2.44. The Kier molecular flexibility index (Phi) is 5.26. The van der Waals surface area contributed by atoms with E-state index >= 15 is 0 Å². The molecule has 0 saturated heterocycles. The molecule has 0 aromatic heterocycles. The molecule has 5 heteroatoms. The zero-order valence-corrected chi connectivity index (χ0v) is 16.1. The maximum absolute atomic E-state index is 13.2. The molecule has 1 aromatic carbocycles. The highest BCUT2D eigenvalue weighted by atomic mass is 16.5. The van der Waals surface area contributed by atoms with Gasteiger partial charge in [0.05, 0.1) is 18.1 Å². The van der Waals surface area contributed by atoms with Crippen LogP contribution in [0.25, 0.3) is 0 Å². The highest BCUT2D eigenvalue weighted by molar-refractivity contribution is 5.89. The second-order valence-corrected chi connectivity index (χ2v) is 8.66. The summed E-state index contributed by atoms with van der Waals surface area (Å²) in [7, 11) is 0. The Bertz CT molecular complexity index is 672. The van der Waals surface area contributed by atoms with Gasteiger partial charge in [-0.1, -0.05) is 31.0 Å². The standard InChI is InChI=1S/C21H30N2O3/c1-20(2,3)23-18(24)14-21(11-6-7-12-21)19(25)22-16-10-13-26-17-9-5-4-8-15(16)17/h4-5,8-9,16H,6-7,10-14H2,1-3H3,(H,22,25)(H,23,24). The number of amides is 2. The number of benzene rings is 1. The van der Waals surface area contributed by atoms with Gasteiger partial charge in [0, 0.05) is 23.9 Å². The summed E-state index contributed by atoms with van der Waals surface area (Å²) in [4.78, 5) is 25.7. The first-order valence-corrected chi connectivity index (χ1v) is 9.63. The number of nitrogens with one attached hydrogen (secondary N) is 2. The molecule has 142 valence electrons. The predicted molar refractivity (Wildman–Crippen MR) is 101 cm³/mol. The van der Waals surface area contributed by atoms with Crippen molar-refractivity contribution in [2.24, 2.45) is 5.41 Å². The molecule has 0 radical (unpaired) electrons. The summed E-state index contributed by atoms with van der Waals surface area (Å²) in [6.45, 7) is 6.49. The molecule has 2 amide bonds. The zero-order valence-electron chi connectivity index (χ0n) is 16.1. The van der Waals surface area contributed by atoms with Gasteiger partial charge in [0.1, 0.15) is 5.75 Å². The van der Waals surface area contributed by atoms with Gasteiger partial charge >= 0.3 is 0 Å². The molecule has 5 nitrogen and oxygen atoms in total. The van der Waals surface area contributed by atoms with Crippen molar-refractivity contribution >= 4 is 11.8 Å². The second-order valence-electron chi connectivity index (χ2n) is 8.66. The van der Waals surface area contributed by atoms with E-state index in [-0.39, 0.29) is 29.8 Å². The van der Waals surface area contributed by atoms with Crippen LogP contribution in [-0.2, 0) is 9.59 Å². The highest BCUT2D eigenvalue weighted by Crippen LogP contribution is 2.42. The van der Waals surface area contributed by atoms with E-state index in [2.05, 4.69) is 10.6 Å². The van der Waals surface area contributed by atoms with Gasteiger partial charge in [0.25, 0.3) is 0 Å². The minimum absolute atomic E-state index is 0.0146. The molecule has 0 bridgehead atoms.